The molecule has 0 radical (unpaired) electrons. The standard InChI is InChI=1S/C15H15N3S2/c1-10(2)17-15-18-12(9-19-15)13-8-16-14(20-13)11-6-4-3-5-7-11/h3-10H,1-2H3,(H,17,18). The van der Waals surface area contributed by atoms with Crippen LogP contribution in [0.1, 0.15) is 13.8 Å². The van der Waals surface area contributed by atoms with Gasteiger partial charge in [-0.25, -0.2) is 9.97 Å². The minimum atomic E-state index is 0.398. The van der Waals surface area contributed by atoms with Crippen LogP contribution >= 0.6 is 22.7 Å². The van der Waals surface area contributed by atoms with Crippen LogP contribution in [0.15, 0.2) is 41.9 Å². The van der Waals surface area contributed by atoms with E-state index in [1.165, 1.54) is 0 Å². The summed E-state index contributed by atoms with van der Waals surface area (Å²) in [5, 5.41) is 7.40. The maximum absolute atomic E-state index is 4.61. The van der Waals surface area contributed by atoms with Crippen LogP contribution in [0.2, 0.25) is 0 Å². The largest absolute Gasteiger partial charge is 0.359 e. The third-order valence-corrected chi connectivity index (χ3v) is 4.54. The van der Waals surface area contributed by atoms with E-state index in [-0.39, 0.29) is 0 Å². The summed E-state index contributed by atoms with van der Waals surface area (Å²) in [5.74, 6) is 0. The molecule has 20 heavy (non-hydrogen) atoms. The van der Waals surface area contributed by atoms with Gasteiger partial charge in [-0.3, -0.25) is 0 Å². The van der Waals surface area contributed by atoms with Crippen LogP contribution in [0.3, 0.4) is 0 Å². The van der Waals surface area contributed by atoms with Crippen molar-refractivity contribution in [3.63, 3.8) is 0 Å². The lowest BCUT2D eigenvalue weighted by atomic mass is 10.2. The van der Waals surface area contributed by atoms with Gasteiger partial charge >= 0.3 is 0 Å². The van der Waals surface area contributed by atoms with E-state index in [0.717, 1.165) is 26.3 Å². The summed E-state index contributed by atoms with van der Waals surface area (Å²) in [7, 11) is 0. The SMILES string of the molecule is CC(C)Nc1nc(-c2cnc(-c3ccccc3)s2)cs1. The van der Waals surface area contributed by atoms with Crippen LogP contribution < -0.4 is 5.32 Å². The van der Waals surface area contributed by atoms with Crippen LogP contribution in [-0.4, -0.2) is 16.0 Å². The van der Waals surface area contributed by atoms with E-state index in [2.05, 4.69) is 46.6 Å². The molecule has 102 valence electrons. The highest BCUT2D eigenvalue weighted by atomic mass is 32.1. The zero-order chi connectivity index (χ0) is 13.9. The molecule has 0 aliphatic heterocycles. The van der Waals surface area contributed by atoms with Gasteiger partial charge in [0.1, 0.15) is 5.01 Å². The Morgan fingerprint density at radius 1 is 1.15 bits per heavy atom. The smallest absolute Gasteiger partial charge is 0.183 e. The van der Waals surface area contributed by atoms with Crippen molar-refractivity contribution in [3.8, 4) is 21.1 Å². The molecule has 3 rings (SSSR count). The number of hydrogen-bond donors (Lipinski definition) is 1. The van der Waals surface area contributed by atoms with Crippen molar-refractivity contribution in [2.45, 2.75) is 19.9 Å². The molecule has 0 aliphatic rings. The van der Waals surface area contributed by atoms with E-state index in [4.69, 9.17) is 0 Å². The molecule has 5 heteroatoms. The van der Waals surface area contributed by atoms with Crippen LogP contribution in [0.25, 0.3) is 21.1 Å². The molecule has 0 amide bonds. The predicted octanol–water partition coefficient (Wildman–Crippen LogP) is 4.75. The number of hydrogen-bond acceptors (Lipinski definition) is 5. The van der Waals surface area contributed by atoms with E-state index in [9.17, 15) is 0 Å². The van der Waals surface area contributed by atoms with Crippen LogP contribution in [0, 0.1) is 0 Å². The molecule has 0 atom stereocenters. The molecule has 3 aromatic rings. The molecular formula is C15H15N3S2. The van der Waals surface area contributed by atoms with Gasteiger partial charge in [-0.2, -0.15) is 0 Å². The molecule has 2 aromatic heterocycles. The molecule has 0 saturated carbocycles. The van der Waals surface area contributed by atoms with Crippen LogP contribution in [-0.2, 0) is 0 Å². The van der Waals surface area contributed by atoms with E-state index in [1.54, 1.807) is 22.7 Å². The van der Waals surface area contributed by atoms with Crippen LogP contribution in [0.4, 0.5) is 5.13 Å². The van der Waals surface area contributed by atoms with Gasteiger partial charge in [-0.15, -0.1) is 22.7 Å². The fraction of sp³-hybridized carbons (Fsp3) is 0.200. The Hall–Kier alpha value is -1.72. The number of benzene rings is 1. The number of aromatic nitrogens is 2. The quantitative estimate of drug-likeness (QED) is 0.755. The number of rotatable bonds is 4. The molecule has 3 nitrogen and oxygen atoms in total. The van der Waals surface area contributed by atoms with Crippen molar-refractivity contribution >= 4 is 27.8 Å². The zero-order valence-corrected chi connectivity index (χ0v) is 13.0. The second-order valence-corrected chi connectivity index (χ2v) is 6.62. The highest BCUT2D eigenvalue weighted by Crippen LogP contribution is 2.33. The van der Waals surface area contributed by atoms with Crippen molar-refractivity contribution in [1.82, 2.24) is 9.97 Å². The second kappa shape index (κ2) is 5.73. The lowest BCUT2D eigenvalue weighted by molar-refractivity contribution is 0.897. The topological polar surface area (TPSA) is 37.8 Å². The predicted molar refractivity (Wildman–Crippen MR) is 87.4 cm³/mol. The average molecular weight is 301 g/mol. The first-order chi connectivity index (χ1) is 9.72. The Morgan fingerprint density at radius 2 is 1.95 bits per heavy atom. The Labute approximate surface area is 126 Å². The lowest BCUT2D eigenvalue weighted by Crippen LogP contribution is -2.08. The molecule has 0 bridgehead atoms. The first kappa shape index (κ1) is 13.3. The normalized spacial score (nSPS) is 10.9. The summed E-state index contributed by atoms with van der Waals surface area (Å²) in [5.41, 5.74) is 2.15. The van der Waals surface area contributed by atoms with Gasteiger partial charge in [0.05, 0.1) is 10.6 Å². The first-order valence-corrected chi connectivity index (χ1v) is 8.15. The highest BCUT2D eigenvalue weighted by molar-refractivity contribution is 7.19. The number of thiazole rings is 2. The molecule has 0 unspecified atom stereocenters. The summed E-state index contributed by atoms with van der Waals surface area (Å²) < 4.78 is 0. The number of nitrogens with zero attached hydrogens (tertiary/aromatic N) is 2. The maximum Gasteiger partial charge on any atom is 0.183 e. The molecule has 0 spiro atoms. The minimum absolute atomic E-state index is 0.398. The van der Waals surface area contributed by atoms with Crippen molar-refractivity contribution < 1.29 is 0 Å². The van der Waals surface area contributed by atoms with Crippen LogP contribution in [0.5, 0.6) is 0 Å². The summed E-state index contributed by atoms with van der Waals surface area (Å²) in [6.45, 7) is 4.22. The Kier molecular flexibility index (Phi) is 3.80. The molecule has 0 fully saturated rings. The van der Waals surface area contributed by atoms with Gasteiger partial charge in [0.25, 0.3) is 0 Å². The van der Waals surface area contributed by atoms with Gasteiger partial charge in [0, 0.05) is 23.2 Å². The zero-order valence-electron chi connectivity index (χ0n) is 11.3. The summed E-state index contributed by atoms with van der Waals surface area (Å²) in [6, 6.07) is 10.6. The lowest BCUT2D eigenvalue weighted by Gasteiger charge is -2.04. The average Bonchev–Trinajstić information content (AvgIpc) is 3.07. The van der Waals surface area contributed by atoms with Crippen molar-refractivity contribution in [3.05, 3.63) is 41.9 Å². The van der Waals surface area contributed by atoms with Crippen molar-refractivity contribution in [1.29, 1.82) is 0 Å². The van der Waals surface area contributed by atoms with Gasteiger partial charge in [0.15, 0.2) is 5.13 Å². The highest BCUT2D eigenvalue weighted by Gasteiger charge is 2.10. The molecule has 0 aliphatic carbocycles. The third-order valence-electron chi connectivity index (χ3n) is 2.70. The Morgan fingerprint density at radius 3 is 2.70 bits per heavy atom. The Balaban J connectivity index is 1.85. The van der Waals surface area contributed by atoms with Gasteiger partial charge in [0.2, 0.25) is 0 Å². The number of nitrogens with one attached hydrogen (secondary N) is 1. The van der Waals surface area contributed by atoms with E-state index in [1.807, 2.05) is 24.4 Å². The minimum Gasteiger partial charge on any atom is -0.359 e. The summed E-state index contributed by atoms with van der Waals surface area (Å²) in [6.07, 6.45) is 1.90. The molecular weight excluding hydrogens is 286 g/mol. The van der Waals surface area contributed by atoms with Gasteiger partial charge in [-0.1, -0.05) is 30.3 Å². The van der Waals surface area contributed by atoms with Crippen molar-refractivity contribution in [2.24, 2.45) is 0 Å². The Bertz CT molecular complexity index is 686. The van der Waals surface area contributed by atoms with E-state index in [0.29, 0.717) is 6.04 Å². The van der Waals surface area contributed by atoms with Crippen molar-refractivity contribution in [2.75, 3.05) is 5.32 Å². The monoisotopic (exact) mass is 301 g/mol. The maximum atomic E-state index is 4.61. The van der Waals surface area contributed by atoms with Gasteiger partial charge in [-0.05, 0) is 13.8 Å². The molecule has 2 heterocycles. The second-order valence-electron chi connectivity index (χ2n) is 4.73. The fourth-order valence-electron chi connectivity index (χ4n) is 1.81. The molecule has 0 saturated heterocycles. The van der Waals surface area contributed by atoms with Gasteiger partial charge < -0.3 is 5.32 Å². The van der Waals surface area contributed by atoms with E-state index < -0.39 is 0 Å². The summed E-state index contributed by atoms with van der Waals surface area (Å²) in [4.78, 5) is 10.2. The third kappa shape index (κ3) is 2.89. The van der Waals surface area contributed by atoms with E-state index >= 15 is 0 Å². The first-order valence-electron chi connectivity index (χ1n) is 6.46. The molecule has 1 aromatic carbocycles. The molecule has 1 N–H and O–H groups in total. The summed E-state index contributed by atoms with van der Waals surface area (Å²) >= 11 is 3.31. The number of anilines is 1. The fourth-order valence-corrected chi connectivity index (χ4v) is 3.62.